The van der Waals surface area contributed by atoms with Gasteiger partial charge in [-0.3, -0.25) is 4.79 Å². The molecule has 0 heterocycles. The van der Waals surface area contributed by atoms with Crippen molar-refractivity contribution >= 4 is 64.7 Å². The van der Waals surface area contributed by atoms with Gasteiger partial charge in [0.2, 0.25) is 0 Å². The van der Waals surface area contributed by atoms with Gasteiger partial charge in [-0.1, -0.05) is 71.7 Å². The molecule has 8 nitrogen and oxygen atoms in total. The number of carboxylic acid groups (broad SMARTS) is 1. The summed E-state index contributed by atoms with van der Waals surface area (Å²) in [5.41, 5.74) is 1.84. The zero-order valence-electron chi connectivity index (χ0n) is 22.6. The number of phenols is 2. The average Bonchev–Trinajstić information content (AvgIpc) is 2.92. The Morgan fingerprint density at radius 3 is 1.91 bits per heavy atom. The van der Waals surface area contributed by atoms with E-state index in [0.29, 0.717) is 23.7 Å². The standard InChI is InChI=1S/C31H28Cl2NO7PS/c32-26-13-20(10-11-42(24-8-2-6-22(35)16-24)25-9-3-7-23(36)17-25)14-27(33)29(26)30(37)34-28(31(38)39)15-19-4-1-5-21(12-19)18-43(40)41/h1-9,12-14,16-17,28,35-36H,10-11,15,18H2,(H,34,37)(H,38,39)(H,40,41)/t28-/m0/s1. The van der Waals surface area contributed by atoms with Crippen LogP contribution in [0.1, 0.15) is 27.0 Å². The summed E-state index contributed by atoms with van der Waals surface area (Å²) >= 11 is 11.0. The fourth-order valence-electron chi connectivity index (χ4n) is 4.61. The maximum Gasteiger partial charge on any atom is 0.326 e. The number of aromatic hydroxyl groups is 2. The number of phenolic OH excluding ortho intramolecular Hbond substituents is 2. The average molecular weight is 661 g/mol. The van der Waals surface area contributed by atoms with Gasteiger partial charge >= 0.3 is 5.97 Å². The van der Waals surface area contributed by atoms with Crippen molar-refractivity contribution < 1.29 is 33.7 Å². The van der Waals surface area contributed by atoms with Crippen molar-refractivity contribution in [2.24, 2.45) is 0 Å². The molecule has 0 saturated heterocycles. The zero-order chi connectivity index (χ0) is 31.1. The topological polar surface area (TPSA) is 144 Å². The first kappa shape index (κ1) is 32.5. The first-order valence-electron chi connectivity index (χ1n) is 13.0. The second-order valence-electron chi connectivity index (χ2n) is 9.73. The number of carboxylic acids is 1. The Morgan fingerprint density at radius 1 is 0.814 bits per heavy atom. The predicted molar refractivity (Wildman–Crippen MR) is 171 cm³/mol. The van der Waals surface area contributed by atoms with Crippen LogP contribution in [0.15, 0.2) is 84.9 Å². The zero-order valence-corrected chi connectivity index (χ0v) is 25.8. The maximum atomic E-state index is 13.2. The molecule has 5 N–H and O–H groups in total. The number of nitrogens with one attached hydrogen (secondary N) is 1. The lowest BCUT2D eigenvalue weighted by atomic mass is 10.0. The van der Waals surface area contributed by atoms with Gasteiger partial charge in [0, 0.05) is 6.42 Å². The van der Waals surface area contributed by atoms with E-state index in [1.807, 2.05) is 12.1 Å². The summed E-state index contributed by atoms with van der Waals surface area (Å²) in [4.78, 5) is 25.1. The minimum atomic E-state index is -2.05. The summed E-state index contributed by atoms with van der Waals surface area (Å²) in [5.74, 6) is -1.83. The van der Waals surface area contributed by atoms with Crippen LogP contribution in [0.4, 0.5) is 0 Å². The number of aryl methyl sites for hydroxylation is 1. The highest BCUT2D eigenvalue weighted by molar-refractivity contribution is 7.78. The quantitative estimate of drug-likeness (QED) is 0.104. The molecule has 0 aliphatic heterocycles. The number of halogens is 2. The Kier molecular flexibility index (Phi) is 11.2. The summed E-state index contributed by atoms with van der Waals surface area (Å²) < 4.78 is 20.3. The molecule has 0 saturated carbocycles. The number of hydrogen-bond acceptors (Lipinski definition) is 5. The molecule has 43 heavy (non-hydrogen) atoms. The van der Waals surface area contributed by atoms with Crippen LogP contribution < -0.4 is 15.9 Å². The molecule has 4 aromatic carbocycles. The third-order valence-electron chi connectivity index (χ3n) is 6.56. The lowest BCUT2D eigenvalue weighted by Crippen LogP contribution is -2.42. The van der Waals surface area contributed by atoms with Gasteiger partial charge in [0.05, 0.1) is 21.4 Å². The number of amides is 1. The first-order valence-corrected chi connectivity index (χ1v) is 16.6. The van der Waals surface area contributed by atoms with Crippen molar-refractivity contribution in [3.63, 3.8) is 0 Å². The molecule has 0 spiro atoms. The van der Waals surface area contributed by atoms with E-state index in [1.54, 1.807) is 72.8 Å². The van der Waals surface area contributed by atoms with E-state index in [0.717, 1.165) is 16.2 Å². The first-order chi connectivity index (χ1) is 20.5. The summed E-state index contributed by atoms with van der Waals surface area (Å²) in [6.07, 6.45) is 1.09. The summed E-state index contributed by atoms with van der Waals surface area (Å²) in [7, 11) is -0.979. The van der Waals surface area contributed by atoms with Gasteiger partial charge in [-0.05, 0) is 84.2 Å². The molecular weight excluding hydrogens is 632 g/mol. The lowest BCUT2D eigenvalue weighted by Gasteiger charge is -2.20. The minimum Gasteiger partial charge on any atom is -0.508 e. The van der Waals surface area contributed by atoms with Gasteiger partial charge in [-0.2, -0.15) is 0 Å². The van der Waals surface area contributed by atoms with Crippen LogP contribution in [0.25, 0.3) is 0 Å². The third-order valence-corrected chi connectivity index (χ3v) is 10.2. The molecule has 2 atom stereocenters. The summed E-state index contributed by atoms with van der Waals surface area (Å²) in [6.45, 7) is 0. The Balaban J connectivity index is 1.51. The third kappa shape index (κ3) is 9.02. The van der Waals surface area contributed by atoms with Crippen LogP contribution in [0.5, 0.6) is 11.5 Å². The maximum absolute atomic E-state index is 13.2. The fraction of sp³-hybridized carbons (Fsp3) is 0.161. The monoisotopic (exact) mass is 659 g/mol. The van der Waals surface area contributed by atoms with E-state index in [1.165, 1.54) is 0 Å². The van der Waals surface area contributed by atoms with E-state index >= 15 is 0 Å². The van der Waals surface area contributed by atoms with E-state index in [9.17, 15) is 29.1 Å². The summed E-state index contributed by atoms with van der Waals surface area (Å²) in [5, 5.41) is 34.3. The van der Waals surface area contributed by atoms with E-state index in [-0.39, 0.29) is 39.3 Å². The Hall–Kier alpha value is -3.46. The van der Waals surface area contributed by atoms with Crippen LogP contribution >= 0.6 is 31.1 Å². The van der Waals surface area contributed by atoms with Gasteiger partial charge in [0.25, 0.3) is 5.91 Å². The summed E-state index contributed by atoms with van der Waals surface area (Å²) in [6, 6.07) is 22.5. The Morgan fingerprint density at radius 2 is 1.37 bits per heavy atom. The molecule has 0 aromatic heterocycles. The van der Waals surface area contributed by atoms with Gasteiger partial charge in [-0.25, -0.2) is 9.00 Å². The molecule has 12 heteroatoms. The van der Waals surface area contributed by atoms with Gasteiger partial charge in [0.1, 0.15) is 17.5 Å². The van der Waals surface area contributed by atoms with Gasteiger partial charge in [0.15, 0.2) is 11.1 Å². The molecule has 0 radical (unpaired) electrons. The van der Waals surface area contributed by atoms with Crippen molar-refractivity contribution in [3.05, 3.63) is 117 Å². The van der Waals surface area contributed by atoms with E-state index < -0.39 is 36.9 Å². The Labute approximate surface area is 262 Å². The molecule has 4 rings (SSSR count). The van der Waals surface area contributed by atoms with Crippen LogP contribution in [0, 0.1) is 0 Å². The Bertz CT molecular complexity index is 1600. The molecule has 4 aromatic rings. The van der Waals surface area contributed by atoms with Crippen molar-refractivity contribution in [2.75, 3.05) is 6.16 Å². The number of hydrogen-bond donors (Lipinski definition) is 5. The van der Waals surface area contributed by atoms with Crippen LogP contribution in [0.2, 0.25) is 10.0 Å². The lowest BCUT2D eigenvalue weighted by molar-refractivity contribution is -0.139. The SMILES string of the molecule is O=C(N[C@@H](Cc1cccc(CS(=O)O)c1)C(=O)O)c1c(Cl)cc(CCP(c2cccc(O)c2)c2cccc(O)c2)cc1Cl. The van der Waals surface area contributed by atoms with Crippen molar-refractivity contribution in [3.8, 4) is 11.5 Å². The number of benzene rings is 4. The highest BCUT2D eigenvalue weighted by Gasteiger charge is 2.25. The number of carbonyl (C=O) groups excluding carboxylic acids is 1. The second-order valence-corrected chi connectivity index (χ2v) is 13.8. The molecule has 0 fully saturated rings. The fourth-order valence-corrected chi connectivity index (χ4v) is 8.19. The van der Waals surface area contributed by atoms with Gasteiger partial charge < -0.3 is 25.2 Å². The largest absolute Gasteiger partial charge is 0.508 e. The van der Waals surface area contributed by atoms with Crippen molar-refractivity contribution in [1.82, 2.24) is 5.32 Å². The molecular formula is C31H28Cl2NO7PS. The van der Waals surface area contributed by atoms with Crippen LogP contribution in [0.3, 0.4) is 0 Å². The van der Waals surface area contributed by atoms with E-state index in [4.69, 9.17) is 27.8 Å². The van der Waals surface area contributed by atoms with Crippen LogP contribution in [-0.4, -0.2) is 48.2 Å². The smallest absolute Gasteiger partial charge is 0.326 e. The highest BCUT2D eigenvalue weighted by Crippen LogP contribution is 2.37. The highest BCUT2D eigenvalue weighted by atomic mass is 35.5. The molecule has 0 aliphatic rings. The van der Waals surface area contributed by atoms with Crippen molar-refractivity contribution in [2.45, 2.75) is 24.6 Å². The van der Waals surface area contributed by atoms with E-state index in [2.05, 4.69) is 5.32 Å². The van der Waals surface area contributed by atoms with Crippen molar-refractivity contribution in [1.29, 1.82) is 0 Å². The molecule has 224 valence electrons. The van der Waals surface area contributed by atoms with Gasteiger partial charge in [-0.15, -0.1) is 0 Å². The molecule has 0 aliphatic carbocycles. The normalized spacial score (nSPS) is 12.6. The number of rotatable bonds is 12. The minimum absolute atomic E-state index is 0.0500. The number of aliphatic carboxylic acids is 1. The second kappa shape index (κ2) is 14.8. The molecule has 0 bridgehead atoms. The molecule has 1 amide bonds. The van der Waals surface area contributed by atoms with Crippen LogP contribution in [-0.2, 0) is 34.5 Å². The predicted octanol–water partition coefficient (Wildman–Crippen LogP) is 5.23. The molecule has 1 unspecified atom stereocenters. The number of carbonyl (C=O) groups is 2.